The number of amidine groups is 2. The van der Waals surface area contributed by atoms with Crippen molar-refractivity contribution in [3.05, 3.63) is 0 Å². The van der Waals surface area contributed by atoms with Crippen LogP contribution in [-0.4, -0.2) is 21.8 Å². The van der Waals surface area contributed by atoms with Gasteiger partial charge in [-0.05, 0) is 23.7 Å². The van der Waals surface area contributed by atoms with Crippen LogP contribution in [0, 0.1) is 0 Å². The van der Waals surface area contributed by atoms with Gasteiger partial charge in [0, 0.05) is 0 Å². The zero-order valence-electron chi connectivity index (χ0n) is 8.77. The van der Waals surface area contributed by atoms with E-state index in [0.717, 1.165) is 0 Å². The maximum Gasteiger partial charge on any atom is 2.00 e. The van der Waals surface area contributed by atoms with Gasteiger partial charge in [-0.2, -0.15) is 20.4 Å². The Morgan fingerprint density at radius 2 is 1.44 bits per heavy atom. The summed E-state index contributed by atoms with van der Waals surface area (Å²) in [6.45, 7) is 3.62. The second kappa shape index (κ2) is 9.46. The molecule has 0 aliphatic rings. The molecule has 93 valence electrons. The number of hydrogen-bond donors (Lipinski definition) is 2. The van der Waals surface area contributed by atoms with Crippen LogP contribution >= 0.6 is 0 Å². The molecule has 0 rings (SSSR count). The van der Waals surface area contributed by atoms with Crippen LogP contribution in [0.5, 0.6) is 0 Å². The molecule has 0 aromatic rings. The summed E-state index contributed by atoms with van der Waals surface area (Å²) < 4.78 is 0. The average Bonchev–Trinajstić information content (AvgIpc) is 2.15. The Morgan fingerprint density at radius 1 is 1.00 bits per heavy atom. The first-order chi connectivity index (χ1) is 6.97. The molecule has 0 aromatic carbocycles. The topological polar surface area (TPSA) is 101 Å². The van der Waals surface area contributed by atoms with E-state index in [4.69, 9.17) is 11.5 Å². The van der Waals surface area contributed by atoms with Crippen molar-refractivity contribution in [3.8, 4) is 0 Å². The standard InChI is InChI=1S/C7H14N6S2.Cu/c1-3-5(11-13-7(9)15)4(2)10-12-6(8)14;/h3H2,1-2H3,(H3,8,12,14)(H3,9,13,15);/q;+2/p-2/b10-4-,11-5-;. The predicted molar refractivity (Wildman–Crippen MR) is 68.8 cm³/mol. The number of nitrogens with two attached hydrogens (primary N) is 2. The molecule has 0 bridgehead atoms. The van der Waals surface area contributed by atoms with Gasteiger partial charge in [0.25, 0.3) is 0 Å². The van der Waals surface area contributed by atoms with Gasteiger partial charge in [-0.25, -0.2) is 0 Å². The molecule has 0 spiro atoms. The zero-order valence-corrected chi connectivity index (χ0v) is 11.3. The smallest absolute Gasteiger partial charge is 0.741 e. The zero-order chi connectivity index (χ0) is 11.8. The van der Waals surface area contributed by atoms with Gasteiger partial charge in [-0.3, -0.25) is 0 Å². The first kappa shape index (κ1) is 17.6. The number of rotatable bonds is 4. The normalized spacial score (nSPS) is 14.6. The van der Waals surface area contributed by atoms with Crippen molar-refractivity contribution in [1.82, 2.24) is 0 Å². The Morgan fingerprint density at radius 3 is 1.81 bits per heavy atom. The number of hydrogen-bond acceptors (Lipinski definition) is 6. The van der Waals surface area contributed by atoms with Crippen molar-refractivity contribution in [2.75, 3.05) is 0 Å². The van der Waals surface area contributed by atoms with Gasteiger partial charge >= 0.3 is 17.1 Å². The van der Waals surface area contributed by atoms with E-state index in [1.165, 1.54) is 0 Å². The Labute approximate surface area is 116 Å². The minimum Gasteiger partial charge on any atom is -0.741 e. The summed E-state index contributed by atoms with van der Waals surface area (Å²) in [4.78, 5) is 0. The average molecular weight is 308 g/mol. The Hall–Kier alpha value is -0.761. The van der Waals surface area contributed by atoms with Crippen LogP contribution in [0.15, 0.2) is 20.4 Å². The minimum atomic E-state index is -0.0314. The second-order valence-corrected chi connectivity index (χ2v) is 3.30. The molecule has 0 heterocycles. The third-order valence-electron chi connectivity index (χ3n) is 1.32. The summed E-state index contributed by atoms with van der Waals surface area (Å²) in [6.07, 6.45) is 0.633. The molecule has 0 aliphatic carbocycles. The summed E-state index contributed by atoms with van der Waals surface area (Å²) >= 11 is 9.10. The van der Waals surface area contributed by atoms with E-state index in [0.29, 0.717) is 17.8 Å². The van der Waals surface area contributed by atoms with Crippen molar-refractivity contribution in [2.24, 2.45) is 31.9 Å². The predicted octanol–water partition coefficient (Wildman–Crippen LogP) is -0.151. The van der Waals surface area contributed by atoms with Crippen LogP contribution in [0.25, 0.3) is 0 Å². The summed E-state index contributed by atoms with van der Waals surface area (Å²) in [7, 11) is 0. The van der Waals surface area contributed by atoms with Gasteiger partial charge in [0.1, 0.15) is 0 Å². The van der Waals surface area contributed by atoms with Crippen LogP contribution < -0.4 is 11.5 Å². The first-order valence-corrected chi connectivity index (χ1v) is 4.91. The third kappa shape index (κ3) is 8.54. The molecule has 0 aliphatic heterocycles. The van der Waals surface area contributed by atoms with Gasteiger partial charge in [-0.15, -0.1) is 0 Å². The molecule has 0 unspecified atom stereocenters. The monoisotopic (exact) mass is 307 g/mol. The molecule has 0 atom stereocenters. The number of nitrogens with zero attached hydrogens (tertiary/aromatic N) is 4. The third-order valence-corrected chi connectivity index (χ3v) is 1.48. The van der Waals surface area contributed by atoms with Gasteiger partial charge in [0.2, 0.25) is 0 Å². The van der Waals surface area contributed by atoms with Gasteiger partial charge in [0.15, 0.2) is 0 Å². The van der Waals surface area contributed by atoms with Crippen molar-refractivity contribution in [1.29, 1.82) is 0 Å². The summed E-state index contributed by atoms with van der Waals surface area (Å²) in [5.41, 5.74) is 11.5. The van der Waals surface area contributed by atoms with Crippen molar-refractivity contribution < 1.29 is 17.1 Å². The summed E-state index contributed by atoms with van der Waals surface area (Å²) in [6, 6.07) is 0. The van der Waals surface area contributed by atoms with E-state index in [1.807, 2.05) is 6.92 Å². The van der Waals surface area contributed by atoms with Crippen LogP contribution in [0.2, 0.25) is 0 Å². The SMILES string of the molecule is CCC(=N/N=C(/N)[S-])/C(C)=N\N=C(\N)[S-].[Cu+2]. The van der Waals surface area contributed by atoms with Crippen molar-refractivity contribution in [2.45, 2.75) is 20.3 Å². The van der Waals surface area contributed by atoms with Crippen LogP contribution in [-0.2, 0) is 42.3 Å². The van der Waals surface area contributed by atoms with Crippen molar-refractivity contribution >= 4 is 47.0 Å². The quantitative estimate of drug-likeness (QED) is 0.248. The Kier molecular flexibility index (Phi) is 10.4. The molecule has 16 heavy (non-hydrogen) atoms. The fraction of sp³-hybridized carbons (Fsp3) is 0.429. The molecule has 0 saturated carbocycles. The minimum absolute atomic E-state index is 0. The van der Waals surface area contributed by atoms with E-state index >= 15 is 0 Å². The summed E-state index contributed by atoms with van der Waals surface area (Å²) in [5.74, 6) is 0. The van der Waals surface area contributed by atoms with Gasteiger partial charge in [0.05, 0.1) is 11.4 Å². The van der Waals surface area contributed by atoms with Crippen LogP contribution in [0.4, 0.5) is 0 Å². The molecule has 0 saturated heterocycles. The van der Waals surface area contributed by atoms with Crippen LogP contribution in [0.1, 0.15) is 20.3 Å². The van der Waals surface area contributed by atoms with E-state index in [1.54, 1.807) is 6.92 Å². The Bertz CT molecular complexity index is 328. The van der Waals surface area contributed by atoms with E-state index in [9.17, 15) is 0 Å². The van der Waals surface area contributed by atoms with E-state index in [2.05, 4.69) is 45.7 Å². The molecular formula is C7H12CuN6S2. The largest absolute Gasteiger partial charge is 2.00 e. The molecular weight excluding hydrogens is 296 g/mol. The molecule has 4 N–H and O–H groups in total. The van der Waals surface area contributed by atoms with Crippen molar-refractivity contribution in [3.63, 3.8) is 0 Å². The molecule has 0 fully saturated rings. The molecule has 6 nitrogen and oxygen atoms in total. The fourth-order valence-corrected chi connectivity index (χ4v) is 0.772. The molecule has 0 aromatic heterocycles. The van der Waals surface area contributed by atoms with E-state index in [-0.39, 0.29) is 27.4 Å². The molecule has 1 radical (unpaired) electrons. The molecule has 9 heteroatoms. The van der Waals surface area contributed by atoms with Crippen LogP contribution in [0.3, 0.4) is 0 Å². The fourth-order valence-electron chi connectivity index (χ4n) is 0.691. The summed E-state index contributed by atoms with van der Waals surface area (Å²) in [5, 5.41) is 14.6. The second-order valence-electron chi connectivity index (χ2n) is 2.46. The first-order valence-electron chi connectivity index (χ1n) is 4.09. The van der Waals surface area contributed by atoms with Gasteiger partial charge in [-0.1, -0.05) is 6.92 Å². The van der Waals surface area contributed by atoms with E-state index < -0.39 is 0 Å². The molecule has 0 amide bonds. The maximum absolute atomic E-state index is 5.17. The van der Waals surface area contributed by atoms with Gasteiger partial charge < -0.3 is 36.7 Å². The maximum atomic E-state index is 5.17. The Balaban J connectivity index is 0.